The first kappa shape index (κ1) is 34.4. The minimum atomic E-state index is -1.06. The highest BCUT2D eigenvalue weighted by Gasteiger charge is 2.44. The Kier molecular flexibility index (Phi) is 9.67. The number of aliphatic hydroxyl groups excluding tert-OH is 2. The molecule has 0 unspecified atom stereocenters. The molecule has 2 aromatic carbocycles. The third-order valence-corrected chi connectivity index (χ3v) is 9.86. The smallest absolute Gasteiger partial charge is 0.407 e. The van der Waals surface area contributed by atoms with E-state index in [1.807, 2.05) is 67.9 Å². The maximum Gasteiger partial charge on any atom is 0.407 e. The number of rotatable bonds is 10. The number of aliphatic hydroxyl groups is 2. The molecule has 0 radical (unpaired) electrons. The van der Waals surface area contributed by atoms with Crippen molar-refractivity contribution in [3.63, 3.8) is 0 Å². The Bertz CT molecular complexity index is 1900. The van der Waals surface area contributed by atoms with Gasteiger partial charge in [0.05, 0.1) is 30.6 Å². The van der Waals surface area contributed by atoms with E-state index in [9.17, 15) is 15.0 Å². The van der Waals surface area contributed by atoms with Crippen molar-refractivity contribution in [1.82, 2.24) is 34.6 Å². The average Bonchev–Trinajstić information content (AvgIpc) is 3.92. The monoisotopic (exact) mass is 693 g/mol. The van der Waals surface area contributed by atoms with Gasteiger partial charge in [0.15, 0.2) is 17.0 Å². The zero-order valence-electron chi connectivity index (χ0n) is 29.6. The summed E-state index contributed by atoms with van der Waals surface area (Å²) in [5.41, 5.74) is 3.92. The second-order valence-electron chi connectivity index (χ2n) is 14.6. The van der Waals surface area contributed by atoms with Crippen molar-refractivity contribution in [1.29, 1.82) is 0 Å². The van der Waals surface area contributed by atoms with Gasteiger partial charge in [-0.05, 0) is 56.7 Å². The van der Waals surface area contributed by atoms with Gasteiger partial charge >= 0.3 is 6.09 Å². The Hall–Kier alpha value is -5.01. The van der Waals surface area contributed by atoms with Crippen molar-refractivity contribution in [2.45, 2.75) is 88.8 Å². The Labute approximate surface area is 297 Å². The molecular weight excluding hydrogens is 646 g/mol. The van der Waals surface area contributed by atoms with Gasteiger partial charge in [-0.25, -0.2) is 9.78 Å². The molecule has 1 aliphatic heterocycles. The number of benzene rings is 2. The molecule has 1 saturated carbocycles. The van der Waals surface area contributed by atoms with Crippen molar-refractivity contribution < 1.29 is 19.7 Å². The molecule has 13 nitrogen and oxygen atoms in total. The van der Waals surface area contributed by atoms with Gasteiger partial charge in [-0.1, -0.05) is 67.6 Å². The first-order chi connectivity index (χ1) is 24.6. The molecule has 2 fully saturated rings. The molecule has 0 bridgehead atoms. The predicted molar refractivity (Wildman–Crippen MR) is 195 cm³/mol. The fourth-order valence-electron chi connectivity index (χ4n) is 7.21. The molecule has 5 aromatic rings. The van der Waals surface area contributed by atoms with Gasteiger partial charge in [0.1, 0.15) is 17.8 Å². The quantitative estimate of drug-likeness (QED) is 0.160. The number of aromatic nitrogens is 6. The lowest BCUT2D eigenvalue weighted by molar-refractivity contribution is 0.00721. The first-order valence-corrected chi connectivity index (χ1v) is 17.8. The van der Waals surface area contributed by atoms with E-state index in [2.05, 4.69) is 51.8 Å². The van der Waals surface area contributed by atoms with E-state index in [0.29, 0.717) is 55.4 Å². The highest BCUT2D eigenvalue weighted by molar-refractivity contribution is 5.84. The fraction of sp³-hybridized carbons (Fsp3) is 0.447. The van der Waals surface area contributed by atoms with Crippen LogP contribution in [0.2, 0.25) is 0 Å². The van der Waals surface area contributed by atoms with Gasteiger partial charge in [0, 0.05) is 31.7 Å². The molecule has 268 valence electrons. The zero-order valence-corrected chi connectivity index (χ0v) is 29.6. The van der Waals surface area contributed by atoms with Crippen LogP contribution in [0.5, 0.6) is 0 Å². The molecule has 4 N–H and O–H groups in total. The topological polar surface area (TPSA) is 155 Å². The van der Waals surface area contributed by atoms with E-state index in [1.54, 1.807) is 17.2 Å². The van der Waals surface area contributed by atoms with Crippen LogP contribution in [0, 0.1) is 0 Å². The van der Waals surface area contributed by atoms with E-state index in [-0.39, 0.29) is 12.0 Å². The summed E-state index contributed by atoms with van der Waals surface area (Å²) in [4.78, 5) is 29.5. The summed E-state index contributed by atoms with van der Waals surface area (Å²) >= 11 is 0. The minimum Gasteiger partial charge on any atom is -0.444 e. The molecule has 2 aliphatic rings. The van der Waals surface area contributed by atoms with E-state index in [4.69, 9.17) is 19.7 Å². The Morgan fingerprint density at radius 1 is 1.00 bits per heavy atom. The summed E-state index contributed by atoms with van der Waals surface area (Å²) in [6, 6.07) is 19.7. The maximum absolute atomic E-state index is 12.6. The van der Waals surface area contributed by atoms with Crippen LogP contribution < -0.4 is 15.5 Å². The predicted octanol–water partition coefficient (Wildman–Crippen LogP) is 4.84. The highest BCUT2D eigenvalue weighted by atomic mass is 16.6. The van der Waals surface area contributed by atoms with E-state index >= 15 is 0 Å². The van der Waals surface area contributed by atoms with Crippen LogP contribution in [-0.4, -0.2) is 89.1 Å². The molecule has 5 atom stereocenters. The van der Waals surface area contributed by atoms with Gasteiger partial charge < -0.3 is 35.1 Å². The molecular formula is C38H47N9O4. The lowest BCUT2D eigenvalue weighted by atomic mass is 9.91. The molecule has 3 aromatic heterocycles. The van der Waals surface area contributed by atoms with E-state index in [0.717, 1.165) is 12.0 Å². The molecule has 4 heterocycles. The Morgan fingerprint density at radius 3 is 2.33 bits per heavy atom. The first-order valence-electron chi connectivity index (χ1n) is 17.8. The largest absolute Gasteiger partial charge is 0.444 e. The second-order valence-corrected chi connectivity index (χ2v) is 14.6. The van der Waals surface area contributed by atoms with Crippen LogP contribution in [-0.2, 0) is 11.2 Å². The lowest BCUT2D eigenvalue weighted by Crippen LogP contribution is -2.40. The number of carbonyl (C=O) groups is 1. The molecule has 1 aliphatic carbocycles. The van der Waals surface area contributed by atoms with Gasteiger partial charge in [-0.2, -0.15) is 15.1 Å². The standard InChI is InChI=1S/C38H47N9O4/c1-5-24-19-41-47(21-24)30-18-29(32(48)33(30)49)46-23-40-31-34(39-20-28(25-12-8-6-9-13-25)26-14-10-7-11-15-26)43-36(44-35(31)46)45-17-16-27(22-45)42-37(50)51-38(2,3)4/h6-15,19,21,23,27-30,32-33,48-49H,5,16-18,20,22H2,1-4H3,(H,42,50)(H,39,43,44)/t27-,29-,30+,32+,33-/m1/s1. The number of anilines is 2. The number of imidazole rings is 1. The summed E-state index contributed by atoms with van der Waals surface area (Å²) in [7, 11) is 0. The minimum absolute atomic E-state index is 0.0341. The van der Waals surface area contributed by atoms with E-state index < -0.39 is 36.0 Å². The number of hydrogen-bond donors (Lipinski definition) is 4. The summed E-state index contributed by atoms with van der Waals surface area (Å²) in [6.45, 7) is 9.25. The molecule has 51 heavy (non-hydrogen) atoms. The third-order valence-electron chi connectivity index (χ3n) is 9.86. The Balaban J connectivity index is 1.22. The summed E-state index contributed by atoms with van der Waals surface area (Å²) in [6.07, 6.45) is 4.85. The normalized spacial score (nSPS) is 22.2. The van der Waals surface area contributed by atoms with Gasteiger partial charge in [0.25, 0.3) is 0 Å². The number of nitrogens with one attached hydrogen (secondary N) is 2. The van der Waals surface area contributed by atoms with Crippen molar-refractivity contribution in [3.05, 3.63) is 96.1 Å². The lowest BCUT2D eigenvalue weighted by Gasteiger charge is -2.23. The molecule has 1 amide bonds. The molecule has 1 saturated heterocycles. The summed E-state index contributed by atoms with van der Waals surface area (Å²) < 4.78 is 9.12. The van der Waals surface area contributed by atoms with Gasteiger partial charge in [-0.15, -0.1) is 0 Å². The fourth-order valence-corrected chi connectivity index (χ4v) is 7.21. The second kappa shape index (κ2) is 14.3. The van der Waals surface area contributed by atoms with Crippen LogP contribution in [0.4, 0.5) is 16.6 Å². The molecule has 0 spiro atoms. The van der Waals surface area contributed by atoms with Crippen LogP contribution in [0.3, 0.4) is 0 Å². The molecule has 7 rings (SSSR count). The number of fused-ring (bicyclic) bond motifs is 1. The average molecular weight is 694 g/mol. The van der Waals surface area contributed by atoms with Gasteiger partial charge in [0.2, 0.25) is 5.95 Å². The number of aryl methyl sites for hydroxylation is 1. The number of carbonyl (C=O) groups excluding carboxylic acids is 1. The number of amides is 1. The summed E-state index contributed by atoms with van der Waals surface area (Å²) in [5.74, 6) is 1.09. The van der Waals surface area contributed by atoms with Crippen LogP contribution in [0.25, 0.3) is 11.2 Å². The van der Waals surface area contributed by atoms with Crippen molar-refractivity contribution >= 4 is 29.0 Å². The zero-order chi connectivity index (χ0) is 35.7. The number of alkyl carbamates (subject to hydrolysis) is 1. The van der Waals surface area contributed by atoms with Crippen molar-refractivity contribution in [2.24, 2.45) is 0 Å². The number of nitrogens with zero attached hydrogens (tertiary/aromatic N) is 7. The van der Waals surface area contributed by atoms with Crippen LogP contribution in [0.15, 0.2) is 79.4 Å². The van der Waals surface area contributed by atoms with Crippen LogP contribution >= 0.6 is 0 Å². The number of hydrogen-bond acceptors (Lipinski definition) is 10. The van der Waals surface area contributed by atoms with Crippen molar-refractivity contribution in [2.75, 3.05) is 29.9 Å². The SMILES string of the molecule is CCc1cnn([C@H]2C[C@@H](n3cnc4c(NCC(c5ccccc5)c5ccccc5)nc(N5CC[C@@H](NC(=O)OC(C)(C)C)C5)nc43)[C@H](O)[C@@H]2O)c1. The van der Waals surface area contributed by atoms with Gasteiger partial charge in [-0.3, -0.25) is 4.68 Å². The number of ether oxygens (including phenoxy) is 1. The van der Waals surface area contributed by atoms with Crippen molar-refractivity contribution in [3.8, 4) is 0 Å². The Morgan fingerprint density at radius 2 is 1.69 bits per heavy atom. The maximum atomic E-state index is 12.6. The van der Waals surface area contributed by atoms with E-state index in [1.165, 1.54) is 11.1 Å². The highest BCUT2D eigenvalue weighted by Crippen LogP contribution is 2.40. The summed E-state index contributed by atoms with van der Waals surface area (Å²) in [5, 5.41) is 33.7. The van der Waals surface area contributed by atoms with Crippen LogP contribution in [0.1, 0.15) is 75.2 Å². The molecule has 13 heteroatoms. The third kappa shape index (κ3) is 7.40.